The monoisotopic (exact) mass is 476 g/mol. The second kappa shape index (κ2) is 8.32. The molecule has 0 radical (unpaired) electrons. The largest absolute Gasteiger partial charge is 0.363 e. The summed E-state index contributed by atoms with van der Waals surface area (Å²) in [5.41, 5.74) is 2.25. The second-order valence-corrected chi connectivity index (χ2v) is 8.40. The van der Waals surface area contributed by atoms with E-state index in [4.69, 9.17) is 4.11 Å². The first-order valence-electron chi connectivity index (χ1n) is 12.3. The van der Waals surface area contributed by atoms with Crippen molar-refractivity contribution in [2.45, 2.75) is 25.8 Å². The number of nitrogens with zero attached hydrogens (tertiary/aromatic N) is 8. The van der Waals surface area contributed by atoms with Crippen molar-refractivity contribution in [2.24, 2.45) is 13.0 Å². The molecule has 2 amide bonds. The predicted molar refractivity (Wildman–Crippen MR) is 126 cm³/mol. The fourth-order valence-corrected chi connectivity index (χ4v) is 3.99. The van der Waals surface area contributed by atoms with Crippen LogP contribution in [0.2, 0.25) is 0 Å². The molecule has 3 aromatic rings. The van der Waals surface area contributed by atoms with Crippen LogP contribution in [-0.2, 0) is 11.8 Å². The van der Waals surface area contributed by atoms with E-state index in [2.05, 4.69) is 42.1 Å². The Hall–Kier alpha value is -4.60. The standard InChI is InChI=1S/C22H23N11O2/c1-10-16-18(31-33(4)30-16)15-12(8-23)9-25-20(19(15)32(10)3)26-13-7-14(27-21(34)11-5-6-11)28-29-17(13)22(35)24-2/h7,9-11H,5-6H2,1-4H3,(H,24,35)(H2,25,26,27,28,34)/t10-/m1/s1/i2D3. The number of amides is 2. The van der Waals surface area contributed by atoms with Crippen molar-refractivity contribution in [1.82, 2.24) is 35.5 Å². The second-order valence-electron chi connectivity index (χ2n) is 8.40. The van der Waals surface area contributed by atoms with Crippen molar-refractivity contribution in [3.8, 4) is 17.3 Å². The van der Waals surface area contributed by atoms with Gasteiger partial charge in [-0.15, -0.1) is 10.2 Å². The number of nitrogens with one attached hydrogen (secondary N) is 3. The number of carbonyl (C=O) groups is 2. The number of pyridine rings is 1. The SMILES string of the molecule is [2H]C([2H])([2H])NC(=O)c1nnc(NC(=O)C2CC2)cc1Nc1ncc(C#N)c2c1N(C)[C@H](C)c1nn(C)nc1-2. The lowest BCUT2D eigenvalue weighted by molar-refractivity contribution is -0.117. The van der Waals surface area contributed by atoms with Crippen LogP contribution >= 0.6 is 0 Å². The Morgan fingerprint density at radius 3 is 2.77 bits per heavy atom. The van der Waals surface area contributed by atoms with E-state index in [-0.39, 0.29) is 46.4 Å². The summed E-state index contributed by atoms with van der Waals surface area (Å²) in [5.74, 6) is -0.992. The molecule has 1 aliphatic heterocycles. The van der Waals surface area contributed by atoms with E-state index in [9.17, 15) is 14.9 Å². The van der Waals surface area contributed by atoms with Crippen molar-refractivity contribution in [3.05, 3.63) is 29.2 Å². The molecule has 0 saturated heterocycles. The molecule has 0 aromatic carbocycles. The molecule has 1 saturated carbocycles. The van der Waals surface area contributed by atoms with Gasteiger partial charge in [0, 0.05) is 43.4 Å². The average molecular weight is 477 g/mol. The Balaban J connectivity index is 1.62. The van der Waals surface area contributed by atoms with Crippen LogP contribution in [-0.4, -0.2) is 56.0 Å². The Morgan fingerprint density at radius 1 is 1.26 bits per heavy atom. The fourth-order valence-electron chi connectivity index (χ4n) is 3.99. The van der Waals surface area contributed by atoms with Crippen LogP contribution in [0.5, 0.6) is 0 Å². The van der Waals surface area contributed by atoms with E-state index in [1.54, 1.807) is 7.05 Å². The summed E-state index contributed by atoms with van der Waals surface area (Å²) < 4.78 is 22.2. The Bertz CT molecular complexity index is 1510. The van der Waals surface area contributed by atoms with Crippen molar-refractivity contribution >= 4 is 34.8 Å². The van der Waals surface area contributed by atoms with Gasteiger partial charge >= 0.3 is 0 Å². The number of anilines is 4. The number of nitriles is 1. The molecule has 1 atom stereocenters. The van der Waals surface area contributed by atoms with Crippen molar-refractivity contribution < 1.29 is 13.7 Å². The summed E-state index contributed by atoms with van der Waals surface area (Å²) in [7, 11) is 3.50. The third-order valence-corrected chi connectivity index (χ3v) is 6.05. The minimum absolute atomic E-state index is 0.0539. The van der Waals surface area contributed by atoms with Crippen LogP contribution in [0.15, 0.2) is 12.3 Å². The molecule has 178 valence electrons. The molecule has 1 aliphatic carbocycles. The number of hydrogen-bond acceptors (Lipinski definition) is 10. The first kappa shape index (κ1) is 18.8. The van der Waals surface area contributed by atoms with Crippen molar-refractivity contribution in [1.29, 1.82) is 5.26 Å². The maximum absolute atomic E-state index is 12.8. The molecule has 1 fully saturated rings. The summed E-state index contributed by atoms with van der Waals surface area (Å²) in [6, 6.07) is 3.30. The van der Waals surface area contributed by atoms with Crippen molar-refractivity contribution in [2.75, 3.05) is 29.6 Å². The van der Waals surface area contributed by atoms with Gasteiger partial charge in [0.2, 0.25) is 5.91 Å². The summed E-state index contributed by atoms with van der Waals surface area (Å²) in [4.78, 5) is 32.8. The maximum atomic E-state index is 12.8. The normalized spacial score (nSPS) is 17.7. The minimum Gasteiger partial charge on any atom is -0.363 e. The Kier molecular flexibility index (Phi) is 4.46. The highest BCUT2D eigenvalue weighted by Crippen LogP contribution is 2.47. The molecule has 0 spiro atoms. The van der Waals surface area contributed by atoms with Crippen LogP contribution in [0, 0.1) is 17.2 Å². The zero-order valence-electron chi connectivity index (χ0n) is 22.1. The van der Waals surface area contributed by atoms with E-state index in [1.165, 1.54) is 17.1 Å². The Labute approximate surface area is 204 Å². The fraction of sp³-hybridized carbons (Fsp3) is 0.364. The highest BCUT2D eigenvalue weighted by atomic mass is 16.2. The lowest BCUT2D eigenvalue weighted by Crippen LogP contribution is -2.28. The first-order valence-corrected chi connectivity index (χ1v) is 10.8. The molecule has 3 N–H and O–H groups in total. The topological polar surface area (TPSA) is 167 Å². The lowest BCUT2D eigenvalue weighted by atomic mass is 9.95. The average Bonchev–Trinajstić information content (AvgIpc) is 3.62. The van der Waals surface area contributed by atoms with Gasteiger partial charge in [0.1, 0.15) is 17.5 Å². The molecular formula is C22H23N11O2. The molecule has 3 aromatic heterocycles. The molecule has 35 heavy (non-hydrogen) atoms. The lowest BCUT2D eigenvalue weighted by Gasteiger charge is -2.33. The zero-order valence-corrected chi connectivity index (χ0v) is 19.1. The number of aryl methyl sites for hydroxylation is 1. The number of fused-ring (bicyclic) bond motifs is 3. The number of aromatic nitrogens is 6. The summed E-state index contributed by atoms with van der Waals surface area (Å²) in [5, 5.41) is 34.1. The van der Waals surface area contributed by atoms with Gasteiger partial charge in [0.25, 0.3) is 5.91 Å². The third-order valence-electron chi connectivity index (χ3n) is 6.05. The van der Waals surface area contributed by atoms with Gasteiger partial charge in [-0.25, -0.2) is 4.98 Å². The first-order chi connectivity index (χ1) is 18.0. The third kappa shape index (κ3) is 3.78. The van der Waals surface area contributed by atoms with Gasteiger partial charge in [-0.3, -0.25) is 9.59 Å². The highest BCUT2D eigenvalue weighted by molar-refractivity contribution is 6.01. The van der Waals surface area contributed by atoms with E-state index < -0.39 is 12.9 Å². The smallest absolute Gasteiger partial charge is 0.273 e. The predicted octanol–water partition coefficient (Wildman–Crippen LogP) is 1.50. The molecule has 2 aliphatic rings. The maximum Gasteiger partial charge on any atom is 0.273 e. The summed E-state index contributed by atoms with van der Waals surface area (Å²) in [6.45, 7) is -0.840. The van der Waals surface area contributed by atoms with Gasteiger partial charge in [0.05, 0.1) is 28.5 Å². The molecule has 13 heteroatoms. The molecule has 13 nitrogen and oxygen atoms in total. The minimum atomic E-state index is -2.77. The number of hydrogen-bond donors (Lipinski definition) is 3. The molecule has 0 bridgehead atoms. The van der Waals surface area contributed by atoms with Crippen LogP contribution in [0.25, 0.3) is 11.3 Å². The van der Waals surface area contributed by atoms with E-state index in [0.29, 0.717) is 22.6 Å². The summed E-state index contributed by atoms with van der Waals surface area (Å²) >= 11 is 0. The van der Waals surface area contributed by atoms with E-state index in [0.717, 1.165) is 12.8 Å². The quantitative estimate of drug-likeness (QED) is 0.491. The highest BCUT2D eigenvalue weighted by Gasteiger charge is 2.35. The number of carbonyl (C=O) groups excluding carboxylic acids is 2. The van der Waals surface area contributed by atoms with Crippen LogP contribution in [0.1, 0.15) is 51.7 Å². The van der Waals surface area contributed by atoms with E-state index >= 15 is 0 Å². The van der Waals surface area contributed by atoms with Gasteiger partial charge in [-0.05, 0) is 19.8 Å². The summed E-state index contributed by atoms with van der Waals surface area (Å²) in [6.07, 6.45) is 2.93. The van der Waals surface area contributed by atoms with E-state index in [1.807, 2.05) is 24.2 Å². The molecule has 5 rings (SSSR count). The van der Waals surface area contributed by atoms with Crippen molar-refractivity contribution in [3.63, 3.8) is 0 Å². The molecule has 4 heterocycles. The van der Waals surface area contributed by atoms with Crippen LogP contribution in [0.3, 0.4) is 0 Å². The van der Waals surface area contributed by atoms with Gasteiger partial charge < -0.3 is 20.9 Å². The van der Waals surface area contributed by atoms with Gasteiger partial charge in [-0.1, -0.05) is 0 Å². The number of rotatable bonds is 5. The zero-order chi connectivity index (χ0) is 27.4. The molecule has 0 unspecified atom stereocenters. The molecular weight excluding hydrogens is 450 g/mol. The van der Waals surface area contributed by atoms with Gasteiger partial charge in [-0.2, -0.15) is 20.3 Å². The van der Waals surface area contributed by atoms with Gasteiger partial charge in [0.15, 0.2) is 17.3 Å². The van der Waals surface area contributed by atoms with Crippen LogP contribution < -0.4 is 20.9 Å². The van der Waals surface area contributed by atoms with Crippen LogP contribution in [0.4, 0.5) is 23.0 Å². The Morgan fingerprint density at radius 2 is 2.06 bits per heavy atom.